The van der Waals surface area contributed by atoms with Crippen molar-refractivity contribution in [3.63, 3.8) is 0 Å². The summed E-state index contributed by atoms with van der Waals surface area (Å²) in [7, 11) is 0. The van der Waals surface area contributed by atoms with Gasteiger partial charge in [0.15, 0.2) is 6.61 Å². The lowest BCUT2D eigenvalue weighted by Crippen LogP contribution is -2.20. The quantitative estimate of drug-likeness (QED) is 0.872. The lowest BCUT2D eigenvalue weighted by Gasteiger charge is -2.06. The van der Waals surface area contributed by atoms with Gasteiger partial charge in [-0.25, -0.2) is 9.18 Å². The summed E-state index contributed by atoms with van der Waals surface area (Å²) in [6.45, 7) is 1.16. The standard InChI is InChI=1S/C14H12FNO4/c1-9-2-3-11(6-12(9)15)16-13(17)8-20-14(18)10-4-5-19-7-10/h2-7H,8H2,1H3,(H,16,17). The summed E-state index contributed by atoms with van der Waals surface area (Å²) >= 11 is 0. The van der Waals surface area contributed by atoms with Crippen LogP contribution >= 0.6 is 0 Å². The second-order valence-electron chi connectivity index (χ2n) is 4.10. The number of carbonyl (C=O) groups is 2. The zero-order valence-corrected chi connectivity index (χ0v) is 10.7. The first-order chi connectivity index (χ1) is 9.56. The fraction of sp³-hybridized carbons (Fsp3) is 0.143. The predicted molar refractivity (Wildman–Crippen MR) is 68.8 cm³/mol. The minimum atomic E-state index is -0.663. The maximum absolute atomic E-state index is 13.3. The molecule has 104 valence electrons. The van der Waals surface area contributed by atoms with E-state index in [1.54, 1.807) is 19.1 Å². The van der Waals surface area contributed by atoms with Crippen molar-refractivity contribution in [2.24, 2.45) is 0 Å². The number of hydrogen-bond acceptors (Lipinski definition) is 4. The van der Waals surface area contributed by atoms with Gasteiger partial charge in [-0.2, -0.15) is 0 Å². The van der Waals surface area contributed by atoms with Crippen molar-refractivity contribution in [2.45, 2.75) is 6.92 Å². The molecule has 0 unspecified atom stereocenters. The van der Waals surface area contributed by atoms with Crippen LogP contribution in [0.5, 0.6) is 0 Å². The summed E-state index contributed by atoms with van der Waals surface area (Å²) < 4.78 is 22.8. The molecule has 20 heavy (non-hydrogen) atoms. The van der Waals surface area contributed by atoms with Gasteiger partial charge in [0.25, 0.3) is 5.91 Å². The van der Waals surface area contributed by atoms with E-state index in [9.17, 15) is 14.0 Å². The molecule has 0 spiro atoms. The molecule has 1 amide bonds. The number of furan rings is 1. The maximum atomic E-state index is 13.3. The third kappa shape index (κ3) is 3.44. The normalized spacial score (nSPS) is 10.1. The van der Waals surface area contributed by atoms with E-state index in [1.807, 2.05) is 0 Å². The van der Waals surface area contributed by atoms with Gasteiger partial charge in [-0.1, -0.05) is 6.07 Å². The highest BCUT2D eigenvalue weighted by Gasteiger charge is 2.11. The lowest BCUT2D eigenvalue weighted by atomic mass is 10.2. The Morgan fingerprint density at radius 3 is 2.80 bits per heavy atom. The summed E-state index contributed by atoms with van der Waals surface area (Å²) in [5.74, 6) is -1.63. The Bertz CT molecular complexity index is 622. The van der Waals surface area contributed by atoms with Crippen molar-refractivity contribution in [3.05, 3.63) is 53.7 Å². The number of carbonyl (C=O) groups excluding carboxylic acids is 2. The van der Waals surface area contributed by atoms with Crippen LogP contribution in [0.1, 0.15) is 15.9 Å². The number of anilines is 1. The number of rotatable bonds is 4. The number of halogens is 1. The number of nitrogens with one attached hydrogen (secondary N) is 1. The van der Waals surface area contributed by atoms with Crippen molar-refractivity contribution in [1.29, 1.82) is 0 Å². The van der Waals surface area contributed by atoms with Crippen molar-refractivity contribution in [1.82, 2.24) is 0 Å². The van der Waals surface area contributed by atoms with E-state index in [0.29, 0.717) is 11.3 Å². The third-order valence-electron chi connectivity index (χ3n) is 2.55. The smallest absolute Gasteiger partial charge is 0.341 e. The first kappa shape index (κ1) is 13.8. The molecule has 0 fully saturated rings. The fourth-order valence-corrected chi connectivity index (χ4v) is 1.46. The molecule has 1 aromatic carbocycles. The molecule has 0 saturated carbocycles. The largest absolute Gasteiger partial charge is 0.472 e. The van der Waals surface area contributed by atoms with Crippen LogP contribution in [0.25, 0.3) is 0 Å². The molecule has 2 aromatic rings. The minimum absolute atomic E-state index is 0.221. The Balaban J connectivity index is 1.86. The van der Waals surface area contributed by atoms with Gasteiger partial charge in [0, 0.05) is 5.69 Å². The fourth-order valence-electron chi connectivity index (χ4n) is 1.46. The maximum Gasteiger partial charge on any atom is 0.341 e. The number of hydrogen-bond donors (Lipinski definition) is 1. The van der Waals surface area contributed by atoms with Crippen LogP contribution in [0.3, 0.4) is 0 Å². The third-order valence-corrected chi connectivity index (χ3v) is 2.55. The molecule has 0 aliphatic rings. The molecule has 5 nitrogen and oxygen atoms in total. The molecule has 0 radical (unpaired) electrons. The molecule has 0 aliphatic heterocycles. The van der Waals surface area contributed by atoms with E-state index in [1.165, 1.54) is 24.7 Å². The van der Waals surface area contributed by atoms with Crippen LogP contribution in [0, 0.1) is 12.7 Å². The Hall–Kier alpha value is -2.63. The summed E-state index contributed by atoms with van der Waals surface area (Å²) in [6.07, 6.45) is 2.54. The van der Waals surface area contributed by atoms with Gasteiger partial charge >= 0.3 is 5.97 Å². The lowest BCUT2D eigenvalue weighted by molar-refractivity contribution is -0.119. The molecule has 0 saturated heterocycles. The molecule has 0 atom stereocenters. The Labute approximate surface area is 114 Å². The summed E-state index contributed by atoms with van der Waals surface area (Å²) in [5, 5.41) is 2.43. The monoisotopic (exact) mass is 277 g/mol. The number of aryl methyl sites for hydroxylation is 1. The van der Waals surface area contributed by atoms with Gasteiger partial charge in [0.1, 0.15) is 12.1 Å². The SMILES string of the molecule is Cc1ccc(NC(=O)COC(=O)c2ccoc2)cc1F. The van der Waals surface area contributed by atoms with E-state index in [-0.39, 0.29) is 5.56 Å². The molecule has 1 N–H and O–H groups in total. The van der Waals surface area contributed by atoms with Gasteiger partial charge in [-0.3, -0.25) is 4.79 Å². The van der Waals surface area contributed by atoms with Crippen molar-refractivity contribution >= 4 is 17.6 Å². The highest BCUT2D eigenvalue weighted by Crippen LogP contribution is 2.13. The first-order valence-electron chi connectivity index (χ1n) is 5.81. The number of ether oxygens (including phenoxy) is 1. The van der Waals surface area contributed by atoms with Gasteiger partial charge in [-0.05, 0) is 30.7 Å². The number of esters is 1. The molecule has 2 rings (SSSR count). The zero-order chi connectivity index (χ0) is 14.5. The summed E-state index contributed by atoms with van der Waals surface area (Å²) in [6, 6.07) is 5.73. The topological polar surface area (TPSA) is 68.5 Å². The molecule has 6 heteroatoms. The van der Waals surface area contributed by atoms with Crippen LogP contribution in [0.15, 0.2) is 41.2 Å². The van der Waals surface area contributed by atoms with Crippen molar-refractivity contribution in [3.8, 4) is 0 Å². The highest BCUT2D eigenvalue weighted by molar-refractivity contribution is 5.95. The van der Waals surface area contributed by atoms with Crippen LogP contribution in [-0.2, 0) is 9.53 Å². The van der Waals surface area contributed by atoms with Crippen LogP contribution in [0.4, 0.5) is 10.1 Å². The Morgan fingerprint density at radius 1 is 1.35 bits per heavy atom. The number of amides is 1. The minimum Gasteiger partial charge on any atom is -0.472 e. The zero-order valence-electron chi connectivity index (χ0n) is 10.7. The second kappa shape index (κ2) is 6.01. The van der Waals surface area contributed by atoms with Gasteiger partial charge < -0.3 is 14.5 Å². The molecule has 1 aromatic heterocycles. The van der Waals surface area contributed by atoms with E-state index >= 15 is 0 Å². The summed E-state index contributed by atoms with van der Waals surface area (Å²) in [4.78, 5) is 23.0. The van der Waals surface area contributed by atoms with E-state index in [2.05, 4.69) is 5.32 Å². The van der Waals surface area contributed by atoms with Crippen LogP contribution < -0.4 is 5.32 Å². The first-order valence-corrected chi connectivity index (χ1v) is 5.81. The average Bonchev–Trinajstić information content (AvgIpc) is 2.94. The van der Waals surface area contributed by atoms with E-state index < -0.39 is 24.3 Å². The average molecular weight is 277 g/mol. The molecular formula is C14H12FNO4. The summed E-state index contributed by atoms with van der Waals surface area (Å²) in [5.41, 5.74) is 1.01. The van der Waals surface area contributed by atoms with Crippen LogP contribution in [-0.4, -0.2) is 18.5 Å². The van der Waals surface area contributed by atoms with Gasteiger partial charge in [0.2, 0.25) is 0 Å². The van der Waals surface area contributed by atoms with Gasteiger partial charge in [-0.15, -0.1) is 0 Å². The predicted octanol–water partition coefficient (Wildman–Crippen LogP) is 2.52. The Morgan fingerprint density at radius 2 is 2.15 bits per heavy atom. The Kier molecular flexibility index (Phi) is 4.14. The molecular weight excluding hydrogens is 265 g/mol. The van der Waals surface area contributed by atoms with Crippen LogP contribution in [0.2, 0.25) is 0 Å². The van der Waals surface area contributed by atoms with E-state index in [4.69, 9.17) is 9.15 Å². The highest BCUT2D eigenvalue weighted by atomic mass is 19.1. The number of benzene rings is 1. The van der Waals surface area contributed by atoms with Crippen molar-refractivity contribution in [2.75, 3.05) is 11.9 Å². The second-order valence-corrected chi connectivity index (χ2v) is 4.10. The van der Waals surface area contributed by atoms with Crippen molar-refractivity contribution < 1.29 is 23.1 Å². The molecule has 0 bridgehead atoms. The molecule has 1 heterocycles. The molecule has 0 aliphatic carbocycles. The van der Waals surface area contributed by atoms with Gasteiger partial charge in [0.05, 0.1) is 11.8 Å². The van der Waals surface area contributed by atoms with E-state index in [0.717, 1.165) is 0 Å².